The molecule has 0 saturated carbocycles. The van der Waals surface area contributed by atoms with Gasteiger partial charge >= 0.3 is 5.97 Å². The minimum Gasteiger partial charge on any atom is -0.497 e. The Morgan fingerprint density at radius 1 is 0.903 bits per heavy atom. The van der Waals surface area contributed by atoms with Gasteiger partial charge in [-0.05, 0) is 48.2 Å². The lowest BCUT2D eigenvalue weighted by atomic mass is 9.98. The number of ether oxygens (including phenoxy) is 2. The van der Waals surface area contributed by atoms with Gasteiger partial charge in [0.25, 0.3) is 5.09 Å². The largest absolute Gasteiger partial charge is 0.497 e. The summed E-state index contributed by atoms with van der Waals surface area (Å²) in [7, 11) is 1.65. The van der Waals surface area contributed by atoms with Crippen molar-refractivity contribution in [2.45, 2.75) is 64.2 Å². The number of esters is 1. The van der Waals surface area contributed by atoms with E-state index in [2.05, 4.69) is 4.84 Å². The molecule has 7 heteroatoms. The van der Waals surface area contributed by atoms with Gasteiger partial charge < -0.3 is 14.3 Å². The second kappa shape index (κ2) is 13.5. The molecule has 1 unspecified atom stereocenters. The fraction of sp³-hybridized carbons (Fsp3) is 0.542. The standard InChI is InChI=1S/C24H33NO6/c1-19(20-11-12-22-18-23(29-2)14-13-21(22)17-20)24(26)30-15-9-7-5-3-4-6-8-10-16-31-25(27)28/h11-14,17-19H,3-10,15-16H2,1-2H3. The molecule has 2 aromatic rings. The fourth-order valence-corrected chi connectivity index (χ4v) is 3.48. The number of nitrogens with zero attached hydrogens (tertiary/aromatic N) is 1. The predicted octanol–water partition coefficient (Wildman–Crippen LogP) is 5.82. The summed E-state index contributed by atoms with van der Waals surface area (Å²) in [4.78, 5) is 26.7. The molecule has 0 N–H and O–H groups in total. The second-order valence-electron chi connectivity index (χ2n) is 7.75. The topological polar surface area (TPSA) is 87.9 Å². The van der Waals surface area contributed by atoms with Crippen LogP contribution in [0.4, 0.5) is 0 Å². The monoisotopic (exact) mass is 431 g/mol. The van der Waals surface area contributed by atoms with Gasteiger partial charge in [0, 0.05) is 0 Å². The van der Waals surface area contributed by atoms with E-state index < -0.39 is 5.09 Å². The number of unbranched alkanes of at least 4 members (excludes halogenated alkanes) is 7. The fourth-order valence-electron chi connectivity index (χ4n) is 3.48. The van der Waals surface area contributed by atoms with Crippen LogP contribution in [0.2, 0.25) is 0 Å². The Labute approximate surface area is 183 Å². The highest BCUT2D eigenvalue weighted by molar-refractivity contribution is 5.86. The Kier molecular flexibility index (Phi) is 10.6. The molecule has 0 fully saturated rings. The van der Waals surface area contributed by atoms with Crippen molar-refractivity contribution in [3.05, 3.63) is 52.1 Å². The van der Waals surface area contributed by atoms with Crippen molar-refractivity contribution >= 4 is 16.7 Å². The van der Waals surface area contributed by atoms with Crippen molar-refractivity contribution in [3.63, 3.8) is 0 Å². The van der Waals surface area contributed by atoms with E-state index >= 15 is 0 Å². The summed E-state index contributed by atoms with van der Waals surface area (Å²) in [5.74, 6) is 0.325. The van der Waals surface area contributed by atoms with Gasteiger partial charge in [0.2, 0.25) is 0 Å². The molecule has 0 bridgehead atoms. The van der Waals surface area contributed by atoms with Crippen LogP contribution in [-0.4, -0.2) is 31.4 Å². The van der Waals surface area contributed by atoms with Crippen molar-refractivity contribution in [1.29, 1.82) is 0 Å². The van der Waals surface area contributed by atoms with Gasteiger partial charge in [-0.25, -0.2) is 0 Å². The van der Waals surface area contributed by atoms with E-state index in [-0.39, 0.29) is 18.5 Å². The Morgan fingerprint density at radius 3 is 2.13 bits per heavy atom. The van der Waals surface area contributed by atoms with Crippen LogP contribution in [0.5, 0.6) is 5.75 Å². The highest BCUT2D eigenvalue weighted by atomic mass is 16.9. The summed E-state index contributed by atoms with van der Waals surface area (Å²) in [6.45, 7) is 2.51. The van der Waals surface area contributed by atoms with Gasteiger partial charge in [0.1, 0.15) is 5.75 Å². The minimum atomic E-state index is -0.743. The molecule has 170 valence electrons. The number of hydrogen-bond donors (Lipinski definition) is 0. The molecule has 0 aliphatic heterocycles. The third kappa shape index (κ3) is 8.82. The second-order valence-corrected chi connectivity index (χ2v) is 7.75. The van der Waals surface area contributed by atoms with E-state index in [4.69, 9.17) is 9.47 Å². The van der Waals surface area contributed by atoms with Crippen LogP contribution in [0.3, 0.4) is 0 Å². The summed E-state index contributed by atoms with van der Waals surface area (Å²) in [5.41, 5.74) is 0.950. The summed E-state index contributed by atoms with van der Waals surface area (Å²) < 4.78 is 10.7. The Morgan fingerprint density at radius 2 is 1.48 bits per heavy atom. The van der Waals surface area contributed by atoms with Gasteiger partial charge in [0.05, 0.1) is 26.2 Å². The number of benzene rings is 2. The molecule has 0 spiro atoms. The quantitative estimate of drug-likeness (QED) is 0.153. The lowest BCUT2D eigenvalue weighted by Gasteiger charge is -2.13. The van der Waals surface area contributed by atoms with Crippen LogP contribution in [0.1, 0.15) is 69.8 Å². The zero-order valence-corrected chi connectivity index (χ0v) is 18.5. The number of rotatable bonds is 15. The van der Waals surface area contributed by atoms with Crippen molar-refractivity contribution < 1.29 is 24.2 Å². The number of hydrogen-bond acceptors (Lipinski definition) is 6. The highest BCUT2D eigenvalue weighted by Gasteiger charge is 2.17. The predicted molar refractivity (Wildman–Crippen MR) is 120 cm³/mol. The SMILES string of the molecule is COc1ccc2cc(C(C)C(=O)OCCCCCCCCCCO[N+](=O)[O-])ccc2c1. The van der Waals surface area contributed by atoms with Crippen LogP contribution < -0.4 is 4.74 Å². The molecule has 0 amide bonds. The first-order valence-corrected chi connectivity index (χ1v) is 11.0. The zero-order valence-electron chi connectivity index (χ0n) is 18.5. The zero-order chi connectivity index (χ0) is 22.5. The molecule has 0 aromatic heterocycles. The van der Waals surface area contributed by atoms with E-state index in [1.165, 1.54) is 0 Å². The smallest absolute Gasteiger partial charge is 0.313 e. The molecule has 0 heterocycles. The van der Waals surface area contributed by atoms with Gasteiger partial charge in [-0.15, -0.1) is 10.1 Å². The van der Waals surface area contributed by atoms with E-state index in [1.807, 2.05) is 43.3 Å². The molecule has 2 rings (SSSR count). The molecule has 0 radical (unpaired) electrons. The van der Waals surface area contributed by atoms with E-state index in [1.54, 1.807) is 7.11 Å². The molecular weight excluding hydrogens is 398 g/mol. The molecular formula is C24H33NO6. The summed E-state index contributed by atoms with van der Waals surface area (Å²) >= 11 is 0. The minimum absolute atomic E-state index is 0.185. The molecule has 0 saturated heterocycles. The molecule has 0 aliphatic rings. The third-order valence-corrected chi connectivity index (χ3v) is 5.40. The maximum Gasteiger partial charge on any atom is 0.313 e. The molecule has 31 heavy (non-hydrogen) atoms. The first-order chi connectivity index (χ1) is 15.0. The number of methoxy groups -OCH3 is 1. The lowest BCUT2D eigenvalue weighted by molar-refractivity contribution is -0.757. The average molecular weight is 432 g/mol. The van der Waals surface area contributed by atoms with Gasteiger partial charge in [-0.1, -0.05) is 62.8 Å². The molecule has 7 nitrogen and oxygen atoms in total. The van der Waals surface area contributed by atoms with Crippen LogP contribution >= 0.6 is 0 Å². The summed E-state index contributed by atoms with van der Waals surface area (Å²) in [5, 5.41) is 11.4. The van der Waals surface area contributed by atoms with Gasteiger partial charge in [-0.3, -0.25) is 4.79 Å². The van der Waals surface area contributed by atoms with Crippen molar-refractivity contribution in [2.75, 3.05) is 20.3 Å². The van der Waals surface area contributed by atoms with Crippen molar-refractivity contribution in [1.82, 2.24) is 0 Å². The van der Waals surface area contributed by atoms with Crippen LogP contribution in [-0.2, 0) is 14.4 Å². The van der Waals surface area contributed by atoms with E-state index in [0.717, 1.165) is 73.5 Å². The molecule has 2 aromatic carbocycles. The van der Waals surface area contributed by atoms with E-state index in [0.29, 0.717) is 6.61 Å². The number of fused-ring (bicyclic) bond motifs is 1. The maximum absolute atomic E-state index is 12.4. The average Bonchev–Trinajstić information content (AvgIpc) is 2.78. The van der Waals surface area contributed by atoms with Crippen molar-refractivity contribution in [3.8, 4) is 5.75 Å². The van der Waals surface area contributed by atoms with Gasteiger partial charge in [-0.2, -0.15) is 0 Å². The van der Waals surface area contributed by atoms with Crippen LogP contribution in [0, 0.1) is 10.1 Å². The lowest BCUT2D eigenvalue weighted by Crippen LogP contribution is -2.14. The summed E-state index contributed by atoms with van der Waals surface area (Å²) in [6.07, 6.45) is 7.98. The molecule has 0 aliphatic carbocycles. The number of carbonyl (C=O) groups excluding carboxylic acids is 1. The van der Waals surface area contributed by atoms with Gasteiger partial charge in [0.15, 0.2) is 0 Å². The third-order valence-electron chi connectivity index (χ3n) is 5.40. The van der Waals surface area contributed by atoms with E-state index in [9.17, 15) is 14.9 Å². The highest BCUT2D eigenvalue weighted by Crippen LogP contribution is 2.25. The Hall–Kier alpha value is -2.83. The summed E-state index contributed by atoms with van der Waals surface area (Å²) in [6, 6.07) is 11.9. The van der Waals surface area contributed by atoms with Crippen LogP contribution in [0.15, 0.2) is 36.4 Å². The van der Waals surface area contributed by atoms with Crippen molar-refractivity contribution in [2.24, 2.45) is 0 Å². The normalized spacial score (nSPS) is 11.8. The Bertz CT molecular complexity index is 838. The maximum atomic E-state index is 12.4. The molecule has 1 atom stereocenters. The van der Waals surface area contributed by atoms with Crippen LogP contribution in [0.25, 0.3) is 10.8 Å². The first kappa shape index (κ1) is 24.4. The Balaban J connectivity index is 1.58. The first-order valence-electron chi connectivity index (χ1n) is 11.0. The number of carbonyl (C=O) groups is 1.